The third kappa shape index (κ3) is 70.5. The smallest absolute Gasteiger partial charge is 0.462 e. The Morgan fingerprint density at radius 2 is 0.479 bits per heavy atom. The minimum Gasteiger partial charge on any atom is -0.462 e. The van der Waals surface area contributed by atoms with Crippen molar-refractivity contribution in [3.63, 3.8) is 0 Å². The van der Waals surface area contributed by atoms with Gasteiger partial charge < -0.3 is 33.8 Å². The third-order valence-electron chi connectivity index (χ3n) is 18.0. The molecule has 3 N–H and O–H groups in total. The van der Waals surface area contributed by atoms with Crippen LogP contribution in [-0.2, 0) is 65.4 Å². The molecule has 0 saturated heterocycles. The molecule has 17 nitrogen and oxygen atoms in total. The normalized spacial score (nSPS) is 13.9. The number of phosphoric acid groups is 2. The highest BCUT2D eigenvalue weighted by Gasteiger charge is 2.30. The Balaban J connectivity index is 5.24. The molecule has 0 fully saturated rings. The molecule has 0 rings (SSSR count). The lowest BCUT2D eigenvalue weighted by Gasteiger charge is -2.21. The van der Waals surface area contributed by atoms with Gasteiger partial charge in [0, 0.05) is 25.7 Å². The first-order valence-electron chi connectivity index (χ1n) is 40.1. The molecule has 2 unspecified atom stereocenters. The molecule has 0 heterocycles. The maximum absolute atomic E-state index is 13.1. The summed E-state index contributed by atoms with van der Waals surface area (Å²) in [5.41, 5.74) is 0. The predicted molar refractivity (Wildman–Crippen MR) is 391 cm³/mol. The number of rotatable bonds is 77. The second-order valence-electron chi connectivity index (χ2n) is 28.2. The molecule has 0 radical (unpaired) electrons. The Kier molecular flexibility index (Phi) is 68.7. The van der Waals surface area contributed by atoms with E-state index in [1.165, 1.54) is 231 Å². The van der Waals surface area contributed by atoms with E-state index >= 15 is 0 Å². The van der Waals surface area contributed by atoms with E-state index in [0.29, 0.717) is 25.7 Å². The van der Waals surface area contributed by atoms with Gasteiger partial charge in [-0.1, -0.05) is 356 Å². The second-order valence-corrected chi connectivity index (χ2v) is 31.1. The highest BCUT2D eigenvalue weighted by atomic mass is 31.2. The van der Waals surface area contributed by atoms with E-state index in [-0.39, 0.29) is 25.7 Å². The number of phosphoric ester groups is 2. The maximum atomic E-state index is 13.1. The van der Waals surface area contributed by atoms with Gasteiger partial charge in [0.15, 0.2) is 12.2 Å². The third-order valence-corrected chi connectivity index (χ3v) is 19.9. The molecule has 0 aromatic rings. The molecule has 0 aliphatic rings. The Labute approximate surface area is 588 Å². The van der Waals surface area contributed by atoms with Crippen LogP contribution in [0.15, 0.2) is 0 Å². The zero-order chi connectivity index (χ0) is 70.5. The molecular formula is C77H150O17P2. The first-order chi connectivity index (χ1) is 46.5. The second kappa shape index (κ2) is 70.1. The molecule has 0 aromatic carbocycles. The van der Waals surface area contributed by atoms with Gasteiger partial charge in [-0.25, -0.2) is 9.13 Å². The number of carbonyl (C=O) groups excluding carboxylic acids is 4. The van der Waals surface area contributed by atoms with E-state index in [2.05, 4.69) is 34.6 Å². The van der Waals surface area contributed by atoms with Gasteiger partial charge in [0.05, 0.1) is 26.4 Å². The molecule has 19 heteroatoms. The van der Waals surface area contributed by atoms with Crippen LogP contribution in [0.5, 0.6) is 0 Å². The van der Waals surface area contributed by atoms with Crippen molar-refractivity contribution in [2.75, 3.05) is 39.6 Å². The van der Waals surface area contributed by atoms with Crippen LogP contribution in [0.25, 0.3) is 0 Å². The molecule has 570 valence electrons. The molecule has 0 saturated carbocycles. The summed E-state index contributed by atoms with van der Waals surface area (Å²) in [6.45, 7) is 7.33. The van der Waals surface area contributed by atoms with E-state index in [4.69, 9.17) is 37.0 Å². The van der Waals surface area contributed by atoms with Crippen molar-refractivity contribution >= 4 is 39.5 Å². The minimum absolute atomic E-state index is 0.108. The van der Waals surface area contributed by atoms with Gasteiger partial charge in [-0.2, -0.15) is 0 Å². The molecular weight excluding hydrogens is 1260 g/mol. The maximum Gasteiger partial charge on any atom is 0.472 e. The molecule has 0 aliphatic carbocycles. The zero-order valence-electron chi connectivity index (χ0n) is 62.5. The lowest BCUT2D eigenvalue weighted by Crippen LogP contribution is -2.30. The summed E-state index contributed by atoms with van der Waals surface area (Å²) in [7, 11) is -9.91. The number of ether oxygens (including phenoxy) is 4. The van der Waals surface area contributed by atoms with Crippen LogP contribution in [0.1, 0.15) is 407 Å². The van der Waals surface area contributed by atoms with Crippen molar-refractivity contribution < 1.29 is 80.2 Å². The Hall–Kier alpha value is -1.94. The van der Waals surface area contributed by atoms with Crippen LogP contribution in [-0.4, -0.2) is 96.7 Å². The monoisotopic (exact) mass is 1410 g/mol. The topological polar surface area (TPSA) is 237 Å². The number of carbonyl (C=O) groups is 4. The van der Waals surface area contributed by atoms with E-state index in [1.54, 1.807) is 0 Å². The number of aliphatic hydroxyl groups excluding tert-OH is 1. The van der Waals surface area contributed by atoms with E-state index in [0.717, 1.165) is 95.8 Å². The average Bonchev–Trinajstić information content (AvgIpc) is 2.24. The van der Waals surface area contributed by atoms with Gasteiger partial charge in [0.2, 0.25) is 0 Å². The number of esters is 4. The van der Waals surface area contributed by atoms with Crippen molar-refractivity contribution in [2.45, 2.75) is 425 Å². The summed E-state index contributed by atoms with van der Waals surface area (Å²) in [4.78, 5) is 72.9. The number of aliphatic hydroxyl groups is 1. The largest absolute Gasteiger partial charge is 0.472 e. The summed E-state index contributed by atoms with van der Waals surface area (Å²) in [6, 6.07) is 0. The lowest BCUT2D eigenvalue weighted by atomic mass is 10.0. The molecule has 0 spiro atoms. The summed E-state index contributed by atoms with van der Waals surface area (Å²) in [5, 5.41) is 10.6. The predicted octanol–water partition coefficient (Wildman–Crippen LogP) is 22.9. The highest BCUT2D eigenvalue weighted by molar-refractivity contribution is 7.47. The number of unbranched alkanes of at least 4 members (excludes halogenated alkanes) is 49. The molecule has 0 aromatic heterocycles. The Morgan fingerprint density at radius 3 is 0.708 bits per heavy atom. The Morgan fingerprint density at radius 1 is 0.281 bits per heavy atom. The number of hydrogen-bond acceptors (Lipinski definition) is 15. The van der Waals surface area contributed by atoms with Gasteiger partial charge in [-0.3, -0.25) is 37.3 Å². The fourth-order valence-corrected chi connectivity index (χ4v) is 13.5. The summed E-state index contributed by atoms with van der Waals surface area (Å²) >= 11 is 0. The van der Waals surface area contributed by atoms with E-state index < -0.39 is 97.5 Å². The molecule has 96 heavy (non-hydrogen) atoms. The zero-order valence-corrected chi connectivity index (χ0v) is 64.3. The van der Waals surface area contributed by atoms with Crippen LogP contribution in [0.3, 0.4) is 0 Å². The van der Waals surface area contributed by atoms with Crippen LogP contribution in [0.4, 0.5) is 0 Å². The fraction of sp³-hybridized carbons (Fsp3) is 0.948. The molecule has 0 bridgehead atoms. The highest BCUT2D eigenvalue weighted by Crippen LogP contribution is 2.45. The van der Waals surface area contributed by atoms with Crippen molar-refractivity contribution in [1.29, 1.82) is 0 Å². The molecule has 0 aliphatic heterocycles. The van der Waals surface area contributed by atoms with Crippen molar-refractivity contribution in [1.82, 2.24) is 0 Å². The van der Waals surface area contributed by atoms with Crippen LogP contribution in [0.2, 0.25) is 0 Å². The van der Waals surface area contributed by atoms with Gasteiger partial charge in [0.25, 0.3) is 0 Å². The SMILES string of the molecule is CCCCCCCCCCCCCCCCCC(=O)OC[C@H](COP(=O)(O)OC[C@@H](O)COP(=O)(O)OC[C@@H](COC(=O)CCCCCCCCCCCCC)OC(=O)CCCCCCCCCCCCCC)OC(=O)CCCCCCCCCCCCCCCCCC(C)C. The van der Waals surface area contributed by atoms with Crippen molar-refractivity contribution in [3.8, 4) is 0 Å². The summed E-state index contributed by atoms with van der Waals surface area (Å²) < 4.78 is 68.6. The Bertz CT molecular complexity index is 1840. The van der Waals surface area contributed by atoms with Crippen molar-refractivity contribution in [2.24, 2.45) is 5.92 Å². The standard InChI is InChI=1S/C77H150O17P2/c1-6-9-12-15-18-21-24-26-28-32-37-41-46-51-56-61-75(80)88-67-73(94-77(82)63-58-53-48-43-38-33-30-27-29-31-35-39-44-49-54-59-70(4)5)69-92-96(85,86)90-65-71(78)64-89-95(83,84)91-68-72(66-87-74(79)60-55-50-45-40-34-23-20-17-14-11-8-3)93-76(81)62-57-52-47-42-36-25-22-19-16-13-10-7-2/h70-73,78H,6-69H2,1-5H3,(H,83,84)(H,85,86)/t71-,72+,73+/m0/s1. The summed E-state index contributed by atoms with van der Waals surface area (Å²) in [5.74, 6) is -1.31. The average molecular weight is 1410 g/mol. The molecule has 0 amide bonds. The van der Waals surface area contributed by atoms with Gasteiger partial charge in [-0.05, 0) is 31.6 Å². The molecule has 5 atom stereocenters. The fourth-order valence-electron chi connectivity index (χ4n) is 11.9. The first kappa shape index (κ1) is 94.1. The quantitative estimate of drug-likeness (QED) is 0.0222. The van der Waals surface area contributed by atoms with Crippen LogP contribution in [0, 0.1) is 5.92 Å². The minimum atomic E-state index is -4.96. The van der Waals surface area contributed by atoms with Crippen LogP contribution >= 0.6 is 15.6 Å². The van der Waals surface area contributed by atoms with E-state index in [1.807, 2.05) is 0 Å². The lowest BCUT2D eigenvalue weighted by molar-refractivity contribution is -0.161. The van der Waals surface area contributed by atoms with Gasteiger partial charge >= 0.3 is 39.5 Å². The van der Waals surface area contributed by atoms with Gasteiger partial charge in [0.1, 0.15) is 19.3 Å². The van der Waals surface area contributed by atoms with E-state index in [9.17, 15) is 43.2 Å². The van der Waals surface area contributed by atoms with Crippen LogP contribution < -0.4 is 0 Å². The number of hydrogen-bond donors (Lipinski definition) is 3. The summed E-state index contributed by atoms with van der Waals surface area (Å²) in [6.07, 6.45) is 59.4. The van der Waals surface area contributed by atoms with Gasteiger partial charge in [-0.15, -0.1) is 0 Å². The first-order valence-corrected chi connectivity index (χ1v) is 43.1. The van der Waals surface area contributed by atoms with Crippen molar-refractivity contribution in [3.05, 3.63) is 0 Å².